The fourth-order valence-electron chi connectivity index (χ4n) is 5.00. The van der Waals surface area contributed by atoms with E-state index < -0.39 is 12.0 Å². The molecule has 1 aliphatic rings. The third-order valence-electron chi connectivity index (χ3n) is 6.96. The van der Waals surface area contributed by atoms with E-state index in [1.807, 2.05) is 49.4 Å². The van der Waals surface area contributed by atoms with Gasteiger partial charge in [0.1, 0.15) is 5.75 Å². The van der Waals surface area contributed by atoms with E-state index in [2.05, 4.69) is 5.32 Å². The van der Waals surface area contributed by atoms with Crippen LogP contribution in [0.3, 0.4) is 0 Å². The van der Waals surface area contributed by atoms with Gasteiger partial charge in [0, 0.05) is 11.3 Å². The number of benzene rings is 3. The number of esters is 1. The fraction of sp³-hybridized carbons (Fsp3) is 0.235. The van der Waals surface area contributed by atoms with Gasteiger partial charge in [0.05, 0.1) is 42.2 Å². The molecule has 0 fully saturated rings. The quantitative estimate of drug-likeness (QED) is 0.248. The number of carbonyl (C=O) groups excluding carboxylic acids is 2. The van der Waals surface area contributed by atoms with Gasteiger partial charge in [-0.05, 0) is 62.7 Å². The van der Waals surface area contributed by atoms with Crippen LogP contribution < -0.4 is 34.4 Å². The van der Waals surface area contributed by atoms with Crippen LogP contribution in [-0.4, -0.2) is 43.4 Å². The third-order valence-corrected chi connectivity index (χ3v) is 7.94. The first-order valence-corrected chi connectivity index (χ1v) is 15.2. The smallest absolute Gasteiger partial charge is 0.344 e. The summed E-state index contributed by atoms with van der Waals surface area (Å²) < 4.78 is 23.8. The number of hydrogen-bond donors (Lipinski definition) is 1. The maximum atomic E-state index is 14.2. The Morgan fingerprint density at radius 3 is 2.42 bits per heavy atom. The lowest BCUT2D eigenvalue weighted by Crippen LogP contribution is -2.40. The average Bonchev–Trinajstić information content (AvgIpc) is 3.34. The molecule has 0 spiro atoms. The van der Waals surface area contributed by atoms with Crippen LogP contribution in [0.15, 0.2) is 93.9 Å². The van der Waals surface area contributed by atoms with Gasteiger partial charge >= 0.3 is 5.97 Å². The largest absolute Gasteiger partial charge is 0.494 e. The first kappa shape index (κ1) is 31.3. The van der Waals surface area contributed by atoms with E-state index >= 15 is 0 Å². The Kier molecular flexibility index (Phi) is 9.79. The third kappa shape index (κ3) is 6.83. The molecule has 5 rings (SSSR count). The number of thiazole rings is 1. The Morgan fingerprint density at radius 2 is 1.73 bits per heavy atom. The highest BCUT2D eigenvalue weighted by Gasteiger charge is 2.32. The van der Waals surface area contributed by atoms with E-state index in [0.29, 0.717) is 55.7 Å². The topological polar surface area (TPSA) is 117 Å². The van der Waals surface area contributed by atoms with Gasteiger partial charge in [0.15, 0.2) is 22.9 Å². The molecule has 232 valence electrons. The maximum absolute atomic E-state index is 14.2. The number of ether oxygens (including phenoxy) is 4. The monoisotopic (exact) mass is 627 g/mol. The number of nitrogens with zero attached hydrogens (tertiary/aromatic N) is 2. The highest BCUT2D eigenvalue weighted by Crippen LogP contribution is 2.33. The van der Waals surface area contributed by atoms with E-state index in [0.717, 1.165) is 5.56 Å². The van der Waals surface area contributed by atoms with Crippen molar-refractivity contribution in [3.63, 3.8) is 0 Å². The van der Waals surface area contributed by atoms with Crippen LogP contribution in [0.25, 0.3) is 6.08 Å². The number of nitrogens with one attached hydrogen (secondary N) is 1. The zero-order valence-electron chi connectivity index (χ0n) is 25.4. The molecule has 2 heterocycles. The fourth-order valence-corrected chi connectivity index (χ4v) is 6.03. The molecule has 45 heavy (non-hydrogen) atoms. The first-order chi connectivity index (χ1) is 21.8. The van der Waals surface area contributed by atoms with Gasteiger partial charge in [-0.2, -0.15) is 0 Å². The van der Waals surface area contributed by atoms with Gasteiger partial charge in [-0.15, -0.1) is 0 Å². The number of aromatic nitrogens is 1. The summed E-state index contributed by atoms with van der Waals surface area (Å²) in [5.41, 5.74) is 2.38. The zero-order valence-corrected chi connectivity index (χ0v) is 26.2. The van der Waals surface area contributed by atoms with Crippen LogP contribution in [0.5, 0.6) is 17.2 Å². The highest BCUT2D eigenvalue weighted by molar-refractivity contribution is 7.07. The molecule has 0 saturated carbocycles. The number of carbonyl (C=O) groups is 2. The number of para-hydroxylation sites is 2. The van der Waals surface area contributed by atoms with Crippen LogP contribution in [0.2, 0.25) is 0 Å². The van der Waals surface area contributed by atoms with Crippen molar-refractivity contribution in [3.05, 3.63) is 115 Å². The Bertz CT molecular complexity index is 1910. The molecule has 10 nitrogen and oxygen atoms in total. The van der Waals surface area contributed by atoms with Crippen LogP contribution >= 0.6 is 11.3 Å². The predicted molar refractivity (Wildman–Crippen MR) is 172 cm³/mol. The second kappa shape index (κ2) is 14.1. The molecule has 0 radical (unpaired) electrons. The van der Waals surface area contributed by atoms with E-state index in [1.165, 1.54) is 18.4 Å². The van der Waals surface area contributed by atoms with Crippen LogP contribution in [0, 0.1) is 0 Å². The second-order valence-electron chi connectivity index (χ2n) is 9.88. The van der Waals surface area contributed by atoms with Crippen LogP contribution in [0.1, 0.15) is 37.9 Å². The summed E-state index contributed by atoms with van der Waals surface area (Å²) in [5.74, 6) is 0.474. The summed E-state index contributed by atoms with van der Waals surface area (Å²) in [6, 6.07) is 20.9. The minimum Gasteiger partial charge on any atom is -0.494 e. The molecule has 1 N–H and O–H groups in total. The van der Waals surface area contributed by atoms with Crippen molar-refractivity contribution in [2.45, 2.75) is 26.8 Å². The maximum Gasteiger partial charge on any atom is 0.344 e. The van der Waals surface area contributed by atoms with E-state index in [4.69, 9.17) is 23.9 Å². The molecular weight excluding hydrogens is 594 g/mol. The number of allylic oxidation sites excluding steroid dienone is 1. The second-order valence-corrected chi connectivity index (χ2v) is 10.9. The normalized spacial score (nSPS) is 14.3. The summed E-state index contributed by atoms with van der Waals surface area (Å²) in [6.07, 6.45) is 1.67. The van der Waals surface area contributed by atoms with E-state index in [-0.39, 0.29) is 24.7 Å². The van der Waals surface area contributed by atoms with Crippen molar-refractivity contribution in [3.8, 4) is 17.2 Å². The Balaban J connectivity index is 1.63. The Morgan fingerprint density at radius 1 is 0.978 bits per heavy atom. The lowest BCUT2D eigenvalue weighted by molar-refractivity contribution is -0.145. The van der Waals surface area contributed by atoms with Crippen molar-refractivity contribution in [1.29, 1.82) is 0 Å². The van der Waals surface area contributed by atoms with Gasteiger partial charge in [0.25, 0.3) is 11.5 Å². The summed E-state index contributed by atoms with van der Waals surface area (Å²) in [7, 11) is 1.49. The molecular formula is C34H33N3O7S. The Hall–Kier alpha value is -5.16. The molecule has 0 bridgehead atoms. The van der Waals surface area contributed by atoms with Gasteiger partial charge in [0.2, 0.25) is 0 Å². The van der Waals surface area contributed by atoms with Gasteiger partial charge in [-0.25, -0.2) is 9.79 Å². The lowest BCUT2D eigenvalue weighted by atomic mass is 9.95. The molecule has 1 aliphatic heterocycles. The van der Waals surface area contributed by atoms with Gasteiger partial charge < -0.3 is 24.3 Å². The molecule has 0 saturated heterocycles. The van der Waals surface area contributed by atoms with Crippen molar-refractivity contribution in [1.82, 2.24) is 4.57 Å². The van der Waals surface area contributed by atoms with E-state index in [1.54, 1.807) is 54.8 Å². The molecule has 1 amide bonds. The summed E-state index contributed by atoms with van der Waals surface area (Å²) in [6.45, 7) is 5.79. The number of rotatable bonds is 11. The predicted octanol–water partition coefficient (Wildman–Crippen LogP) is 4.22. The highest BCUT2D eigenvalue weighted by atomic mass is 32.1. The summed E-state index contributed by atoms with van der Waals surface area (Å²) in [5, 5.41) is 2.95. The number of methoxy groups -OCH3 is 1. The van der Waals surface area contributed by atoms with Crippen molar-refractivity contribution < 1.29 is 28.5 Å². The van der Waals surface area contributed by atoms with Crippen molar-refractivity contribution in [2.24, 2.45) is 4.99 Å². The number of anilines is 1. The number of hydrogen-bond acceptors (Lipinski definition) is 9. The standard InChI is InChI=1S/C34H33N3O7S/c1-5-42-25-17-15-22(16-18-25)30-29(32(39)36-24-12-8-7-9-13-24)21(3)35-34-37(30)33(40)27(45-34)19-23-11-10-14-26(41-4)31(23)44-20-28(38)43-6-2/h7-19,30H,5-6,20H2,1-4H3,(H,36,39)/b27-19-/t30-/m0/s1. The summed E-state index contributed by atoms with van der Waals surface area (Å²) in [4.78, 5) is 45.2. The molecule has 1 aromatic heterocycles. The summed E-state index contributed by atoms with van der Waals surface area (Å²) >= 11 is 1.19. The minimum absolute atomic E-state index is 0.225. The molecule has 11 heteroatoms. The molecule has 0 aliphatic carbocycles. The molecule has 3 aromatic carbocycles. The number of fused-ring (bicyclic) bond motifs is 1. The molecule has 0 unspecified atom stereocenters. The Labute approximate surface area is 263 Å². The van der Waals surface area contributed by atoms with Crippen LogP contribution in [-0.2, 0) is 14.3 Å². The van der Waals surface area contributed by atoms with Crippen LogP contribution in [0.4, 0.5) is 5.69 Å². The van der Waals surface area contributed by atoms with Gasteiger partial charge in [-0.3, -0.25) is 14.2 Å². The van der Waals surface area contributed by atoms with Gasteiger partial charge in [-0.1, -0.05) is 53.8 Å². The minimum atomic E-state index is -0.757. The average molecular weight is 628 g/mol. The lowest BCUT2D eigenvalue weighted by Gasteiger charge is -2.25. The first-order valence-electron chi connectivity index (χ1n) is 14.4. The SMILES string of the molecule is CCOC(=O)COc1c(/C=c2\sc3n(c2=O)[C@@H](c2ccc(OCC)cc2)C(C(=O)Nc2ccccc2)=C(C)N=3)cccc1OC. The van der Waals surface area contributed by atoms with Crippen molar-refractivity contribution >= 4 is 35.0 Å². The molecule has 4 aromatic rings. The van der Waals surface area contributed by atoms with E-state index in [9.17, 15) is 14.4 Å². The van der Waals surface area contributed by atoms with Crippen molar-refractivity contribution in [2.75, 3.05) is 32.2 Å². The molecule has 1 atom stereocenters. The number of amides is 1. The zero-order chi connectivity index (χ0) is 31.9.